The second kappa shape index (κ2) is 13.1. The lowest BCUT2D eigenvalue weighted by atomic mass is 9.34. The van der Waals surface area contributed by atoms with Gasteiger partial charge in [0.15, 0.2) is 0 Å². The van der Waals surface area contributed by atoms with Crippen LogP contribution in [0, 0.1) is 68.0 Å². The van der Waals surface area contributed by atoms with Gasteiger partial charge in [-0.15, -0.1) is 0 Å². The van der Waals surface area contributed by atoms with Gasteiger partial charge in [-0.2, -0.15) is 0 Å². The van der Waals surface area contributed by atoms with Crippen LogP contribution in [-0.2, 0) is 25.6 Å². The fourth-order valence-electron chi connectivity index (χ4n) is 12.9. The molecule has 0 aromatic heterocycles. The summed E-state index contributed by atoms with van der Waals surface area (Å²) >= 11 is 0. The second-order valence-corrected chi connectivity index (χ2v) is 19.5. The van der Waals surface area contributed by atoms with Gasteiger partial charge in [0, 0.05) is 10.8 Å². The molecule has 4 aliphatic carbocycles. The van der Waals surface area contributed by atoms with Crippen molar-refractivity contribution in [3.63, 3.8) is 0 Å². The normalized spacial score (nSPS) is 42.4. The van der Waals surface area contributed by atoms with Gasteiger partial charge in [-0.25, -0.2) is 0 Å². The Morgan fingerprint density at radius 2 is 1.67 bits per heavy atom. The maximum atomic E-state index is 14.7. The lowest BCUT2D eigenvalue weighted by Gasteiger charge is -2.71. The average molecular weight is 675 g/mol. The number of carbonyl (C=O) groups excluding carboxylic acids is 1. The zero-order chi connectivity index (χ0) is 35.6. The summed E-state index contributed by atoms with van der Waals surface area (Å²) in [5.74, 6) is 2.28. The second-order valence-electron chi connectivity index (χ2n) is 19.5. The Bertz CT molecular complexity index is 1380. The van der Waals surface area contributed by atoms with E-state index in [0.29, 0.717) is 36.2 Å². The first kappa shape index (κ1) is 37.1. The molecule has 0 radical (unpaired) electrons. The summed E-state index contributed by atoms with van der Waals surface area (Å²) in [6, 6.07) is 10.2. The van der Waals surface area contributed by atoms with Crippen LogP contribution in [-0.4, -0.2) is 31.9 Å². The van der Waals surface area contributed by atoms with Gasteiger partial charge in [0.1, 0.15) is 6.61 Å². The summed E-state index contributed by atoms with van der Waals surface area (Å²) in [5.41, 5.74) is 2.74. The van der Waals surface area contributed by atoms with Crippen molar-refractivity contribution in [2.75, 3.05) is 19.8 Å². The molecule has 1 aromatic rings. The smallest absolute Gasteiger partial charge is 0.310 e. The van der Waals surface area contributed by atoms with Crippen LogP contribution in [0.15, 0.2) is 42.0 Å². The fraction of sp³-hybridized carbons (Fsp3) is 0.800. The molecule has 1 heterocycles. The molecule has 0 amide bonds. The predicted molar refractivity (Wildman–Crippen MR) is 200 cm³/mol. The fourth-order valence-corrected chi connectivity index (χ4v) is 12.9. The van der Waals surface area contributed by atoms with Crippen LogP contribution in [0.25, 0.3) is 0 Å². The molecule has 49 heavy (non-hydrogen) atoms. The van der Waals surface area contributed by atoms with Crippen molar-refractivity contribution in [2.24, 2.45) is 68.0 Å². The van der Waals surface area contributed by atoms with Crippen LogP contribution in [0.5, 0.6) is 0 Å². The van der Waals surface area contributed by atoms with E-state index in [-0.39, 0.29) is 50.5 Å². The Labute approximate surface area is 299 Å². The summed E-state index contributed by atoms with van der Waals surface area (Å²) in [7, 11) is 0. The summed E-state index contributed by atoms with van der Waals surface area (Å²) in [4.78, 5) is 14.7. The quantitative estimate of drug-likeness (QED) is 0.183. The molecule has 4 nitrogen and oxygen atoms in total. The number of allylic oxidation sites excluding steroid dienone is 1. The number of ether oxygens (including phenoxy) is 3. The van der Waals surface area contributed by atoms with Gasteiger partial charge in [0.25, 0.3) is 0 Å². The van der Waals surface area contributed by atoms with Crippen molar-refractivity contribution in [3.8, 4) is 0 Å². The van der Waals surface area contributed by atoms with E-state index < -0.39 is 0 Å². The van der Waals surface area contributed by atoms with Gasteiger partial charge in [-0.3, -0.25) is 4.79 Å². The molecule has 3 saturated carbocycles. The zero-order valence-corrected chi connectivity index (χ0v) is 33.1. The number of rotatable bonds is 10. The minimum absolute atomic E-state index is 0.00733. The maximum Gasteiger partial charge on any atom is 0.310 e. The lowest BCUT2D eigenvalue weighted by Crippen LogP contribution is -2.69. The van der Waals surface area contributed by atoms with Gasteiger partial charge in [-0.05, 0) is 108 Å². The van der Waals surface area contributed by atoms with Crippen molar-refractivity contribution in [1.82, 2.24) is 0 Å². The summed E-state index contributed by atoms with van der Waals surface area (Å²) in [6.45, 7) is 29.4. The van der Waals surface area contributed by atoms with Gasteiger partial charge in [-0.1, -0.05) is 118 Å². The molecule has 1 aliphatic heterocycles. The molecule has 4 heteroatoms. The van der Waals surface area contributed by atoms with Crippen LogP contribution in [0.3, 0.4) is 0 Å². The minimum Gasteiger partial charge on any atom is -0.461 e. The van der Waals surface area contributed by atoms with E-state index in [2.05, 4.69) is 94.4 Å². The largest absolute Gasteiger partial charge is 0.461 e. The minimum atomic E-state index is -0.190. The lowest BCUT2D eigenvalue weighted by molar-refractivity contribution is -0.254. The molecule has 4 fully saturated rings. The Kier molecular flexibility index (Phi) is 9.91. The highest BCUT2D eigenvalue weighted by Crippen LogP contribution is 2.75. The first-order valence-corrected chi connectivity index (χ1v) is 20.2. The van der Waals surface area contributed by atoms with E-state index >= 15 is 0 Å². The van der Waals surface area contributed by atoms with Gasteiger partial charge >= 0.3 is 5.97 Å². The highest BCUT2D eigenvalue weighted by molar-refractivity contribution is 5.75. The topological polar surface area (TPSA) is 44.8 Å². The average Bonchev–Trinajstić information content (AvgIpc) is 3.07. The third-order valence-electron chi connectivity index (χ3n) is 16.9. The van der Waals surface area contributed by atoms with Gasteiger partial charge in [0.2, 0.25) is 0 Å². The van der Waals surface area contributed by atoms with Crippen LogP contribution >= 0.6 is 0 Å². The third-order valence-corrected chi connectivity index (χ3v) is 16.9. The van der Waals surface area contributed by atoms with E-state index in [9.17, 15) is 4.79 Å². The number of carbonyl (C=O) groups is 1. The molecular formula is C45H70O4. The summed E-state index contributed by atoms with van der Waals surface area (Å²) in [6.07, 6.45) is 11.9. The molecular weight excluding hydrogens is 604 g/mol. The van der Waals surface area contributed by atoms with Crippen molar-refractivity contribution in [2.45, 2.75) is 140 Å². The molecule has 1 saturated heterocycles. The number of hydrogen-bond acceptors (Lipinski definition) is 4. The van der Waals surface area contributed by atoms with Crippen LogP contribution in [0.2, 0.25) is 0 Å². The molecule has 0 unspecified atom stereocenters. The zero-order valence-electron chi connectivity index (χ0n) is 33.1. The molecule has 0 N–H and O–H groups in total. The molecule has 274 valence electrons. The van der Waals surface area contributed by atoms with Crippen molar-refractivity contribution in [3.05, 3.63) is 47.5 Å². The van der Waals surface area contributed by atoms with Crippen LogP contribution in [0.4, 0.5) is 0 Å². The monoisotopic (exact) mass is 675 g/mol. The van der Waals surface area contributed by atoms with E-state index in [1.807, 2.05) is 18.2 Å². The maximum absolute atomic E-state index is 14.7. The third kappa shape index (κ3) is 5.62. The van der Waals surface area contributed by atoms with Crippen molar-refractivity contribution in [1.29, 1.82) is 0 Å². The number of esters is 1. The number of benzene rings is 1. The van der Waals surface area contributed by atoms with Crippen molar-refractivity contribution < 1.29 is 19.0 Å². The number of fused-ring (bicyclic) bond motifs is 3. The number of hydrogen-bond donors (Lipinski definition) is 0. The molecule has 5 aliphatic rings. The summed E-state index contributed by atoms with van der Waals surface area (Å²) in [5, 5.41) is 0. The Morgan fingerprint density at radius 3 is 2.33 bits per heavy atom. The molecule has 1 aromatic carbocycles. The predicted octanol–water partition coefficient (Wildman–Crippen LogP) is 11.1. The molecule has 2 bridgehead atoms. The first-order chi connectivity index (χ1) is 23.0. The van der Waals surface area contributed by atoms with E-state index in [0.717, 1.165) is 63.9 Å². The molecule has 6 rings (SSSR count). The Balaban J connectivity index is 1.36. The highest BCUT2D eigenvalue weighted by Gasteiger charge is 2.71. The Hall–Kier alpha value is -1.65. The van der Waals surface area contributed by atoms with Crippen molar-refractivity contribution >= 4 is 5.97 Å². The first-order valence-electron chi connectivity index (χ1n) is 20.2. The standard InChI is InChI=1S/C45H70O4/c1-12-40(7,13-2)27-49-38-31(5)25-45-29-47-28-42(38,9)36(45)20-19-34-35(45)21-22-44(11)37(39(46)48-26-33-17-15-14-16-18-33)41(8,32(6)30(3)4)23-24-43(34,44)10/h14-18,21,30-32,34,36-38H,12-13,19-20,22-29H2,1-11H3/t31-,32-,34+,36+,37-,38+,41-,42+,43-,44+,45+/m1/s1. The van der Waals surface area contributed by atoms with E-state index in [4.69, 9.17) is 14.2 Å². The van der Waals surface area contributed by atoms with Crippen LogP contribution in [0.1, 0.15) is 133 Å². The van der Waals surface area contributed by atoms with Crippen LogP contribution < -0.4 is 0 Å². The Morgan fingerprint density at radius 1 is 0.980 bits per heavy atom. The highest BCUT2D eigenvalue weighted by atomic mass is 16.5. The summed E-state index contributed by atoms with van der Waals surface area (Å²) < 4.78 is 20.1. The van der Waals surface area contributed by atoms with E-state index in [1.54, 1.807) is 5.57 Å². The van der Waals surface area contributed by atoms with E-state index in [1.165, 1.54) is 12.8 Å². The molecule has 11 atom stereocenters. The molecule has 0 spiro atoms. The van der Waals surface area contributed by atoms with Gasteiger partial charge < -0.3 is 14.2 Å². The SMILES string of the molecule is CCC(C)(CC)CO[C@H]1[C@H](C)C[C@@]23COC[C@@]1(C)[C@@H]2CC[C@H]1C3=CC[C@@]2(C)[C@H](C(=O)OCc3ccccc3)[C@@](C)([C@H](C)C(C)C)CC[C@]12C. The van der Waals surface area contributed by atoms with Gasteiger partial charge in [0.05, 0.1) is 31.8 Å².